The third-order valence-corrected chi connectivity index (χ3v) is 4.87. The number of aliphatic hydroxyl groups is 1. The Labute approximate surface area is 84.9 Å². The summed E-state index contributed by atoms with van der Waals surface area (Å²) < 4.78 is 0. The number of nitrogens with one attached hydrogen (secondary N) is 1. The molecule has 2 aliphatic rings. The molecule has 0 aromatic rings. The monoisotopic (exact) mass is 197 g/mol. The maximum Gasteiger partial charge on any atom is 0.224 e. The van der Waals surface area contributed by atoms with Crippen molar-refractivity contribution in [3.05, 3.63) is 0 Å². The smallest absolute Gasteiger partial charge is 0.224 e. The van der Waals surface area contributed by atoms with Crippen LogP contribution in [0.15, 0.2) is 0 Å². The van der Waals surface area contributed by atoms with Gasteiger partial charge in [-0.3, -0.25) is 4.79 Å². The normalized spacial score (nSPS) is 42.6. The van der Waals surface area contributed by atoms with Gasteiger partial charge in [0, 0.05) is 5.92 Å². The molecule has 80 valence electrons. The Morgan fingerprint density at radius 1 is 1.29 bits per heavy atom. The summed E-state index contributed by atoms with van der Waals surface area (Å²) in [7, 11) is 0. The van der Waals surface area contributed by atoms with Crippen molar-refractivity contribution in [2.75, 3.05) is 6.61 Å². The molecule has 2 N–H and O–H groups in total. The van der Waals surface area contributed by atoms with Crippen LogP contribution in [0.25, 0.3) is 0 Å². The van der Waals surface area contributed by atoms with E-state index in [-0.39, 0.29) is 35.3 Å². The van der Waals surface area contributed by atoms with E-state index in [1.807, 2.05) is 0 Å². The van der Waals surface area contributed by atoms with Crippen LogP contribution in [0.3, 0.4) is 0 Å². The molecule has 0 radical (unpaired) electrons. The molecule has 1 saturated heterocycles. The number of rotatable bonds is 1. The highest BCUT2D eigenvalue weighted by atomic mass is 16.3. The Morgan fingerprint density at radius 3 is 2.36 bits per heavy atom. The van der Waals surface area contributed by atoms with Crippen LogP contribution in [0, 0.1) is 22.7 Å². The summed E-state index contributed by atoms with van der Waals surface area (Å²) in [6, 6.07) is -0.0319. The average molecular weight is 197 g/mol. The molecule has 1 aliphatic heterocycles. The number of hydrogen-bond acceptors (Lipinski definition) is 2. The maximum absolute atomic E-state index is 11.7. The van der Waals surface area contributed by atoms with Crippen molar-refractivity contribution in [3.8, 4) is 0 Å². The van der Waals surface area contributed by atoms with Crippen LogP contribution in [-0.4, -0.2) is 23.7 Å². The Bertz CT molecular complexity index is 283. The average Bonchev–Trinajstić information content (AvgIpc) is 2.41. The lowest BCUT2D eigenvalue weighted by atomic mass is 9.40. The van der Waals surface area contributed by atoms with Gasteiger partial charge in [-0.1, -0.05) is 27.7 Å². The molecule has 1 amide bonds. The molecule has 0 aromatic carbocycles. The van der Waals surface area contributed by atoms with Crippen LogP contribution in [0.4, 0.5) is 0 Å². The van der Waals surface area contributed by atoms with Crippen LogP contribution < -0.4 is 5.32 Å². The fraction of sp³-hybridized carbons (Fsp3) is 0.909. The molecular weight excluding hydrogens is 178 g/mol. The number of aliphatic hydroxyl groups excluding tert-OH is 1. The fourth-order valence-corrected chi connectivity index (χ4v) is 3.35. The van der Waals surface area contributed by atoms with E-state index in [1.54, 1.807) is 0 Å². The van der Waals surface area contributed by atoms with Gasteiger partial charge in [-0.15, -0.1) is 0 Å². The molecule has 0 bridgehead atoms. The highest BCUT2D eigenvalue weighted by Crippen LogP contribution is 2.66. The molecule has 0 unspecified atom stereocenters. The number of hydrogen-bond donors (Lipinski definition) is 2. The number of carbonyl (C=O) groups excluding carboxylic acids is 1. The van der Waals surface area contributed by atoms with Gasteiger partial charge in [0.15, 0.2) is 0 Å². The van der Waals surface area contributed by atoms with E-state index in [9.17, 15) is 9.90 Å². The predicted octanol–water partition coefficient (Wildman–Crippen LogP) is 0.775. The second kappa shape index (κ2) is 2.51. The first-order valence-corrected chi connectivity index (χ1v) is 5.25. The van der Waals surface area contributed by atoms with E-state index < -0.39 is 0 Å². The minimum atomic E-state index is -0.0319. The molecule has 2 fully saturated rings. The third-order valence-electron chi connectivity index (χ3n) is 4.87. The van der Waals surface area contributed by atoms with Gasteiger partial charge in [0.2, 0.25) is 5.91 Å². The Morgan fingerprint density at radius 2 is 1.86 bits per heavy atom. The quantitative estimate of drug-likeness (QED) is 0.652. The molecule has 3 nitrogen and oxygen atoms in total. The third kappa shape index (κ3) is 0.842. The predicted molar refractivity (Wildman–Crippen MR) is 53.6 cm³/mol. The van der Waals surface area contributed by atoms with Gasteiger partial charge in [-0.2, -0.15) is 0 Å². The highest BCUT2D eigenvalue weighted by molar-refractivity contribution is 5.84. The van der Waals surface area contributed by atoms with Crippen molar-refractivity contribution in [1.82, 2.24) is 5.32 Å². The molecule has 1 heterocycles. The SMILES string of the molecule is CC1(C)[C@@H]2[C@@H](CO)NC(=O)[C@@H]2C1(C)C. The van der Waals surface area contributed by atoms with Crippen molar-refractivity contribution in [2.45, 2.75) is 33.7 Å². The zero-order chi connectivity index (χ0) is 10.7. The van der Waals surface area contributed by atoms with Crippen molar-refractivity contribution in [1.29, 1.82) is 0 Å². The van der Waals surface area contributed by atoms with Crippen molar-refractivity contribution >= 4 is 5.91 Å². The van der Waals surface area contributed by atoms with Crippen molar-refractivity contribution < 1.29 is 9.90 Å². The molecule has 0 aromatic heterocycles. The number of fused-ring (bicyclic) bond motifs is 1. The van der Waals surface area contributed by atoms with Crippen LogP contribution in [0.5, 0.6) is 0 Å². The molecular formula is C11H19NO2. The molecule has 1 aliphatic carbocycles. The second-order valence-electron chi connectivity index (χ2n) is 5.74. The summed E-state index contributed by atoms with van der Waals surface area (Å²) in [5.41, 5.74) is 0.176. The summed E-state index contributed by atoms with van der Waals surface area (Å²) >= 11 is 0. The molecule has 14 heavy (non-hydrogen) atoms. The van der Waals surface area contributed by atoms with Gasteiger partial charge in [0.1, 0.15) is 0 Å². The van der Waals surface area contributed by atoms with Crippen LogP contribution in [-0.2, 0) is 4.79 Å². The van der Waals surface area contributed by atoms with Gasteiger partial charge < -0.3 is 10.4 Å². The van der Waals surface area contributed by atoms with Crippen molar-refractivity contribution in [3.63, 3.8) is 0 Å². The van der Waals surface area contributed by atoms with Gasteiger partial charge in [0.25, 0.3) is 0 Å². The highest BCUT2D eigenvalue weighted by Gasteiger charge is 2.69. The zero-order valence-corrected chi connectivity index (χ0v) is 9.29. The number of carbonyl (C=O) groups is 1. The van der Waals surface area contributed by atoms with Gasteiger partial charge in [-0.25, -0.2) is 0 Å². The van der Waals surface area contributed by atoms with Crippen molar-refractivity contribution in [2.24, 2.45) is 22.7 Å². The fourth-order valence-electron chi connectivity index (χ4n) is 3.35. The molecule has 3 heteroatoms. The van der Waals surface area contributed by atoms with E-state index >= 15 is 0 Å². The summed E-state index contributed by atoms with van der Waals surface area (Å²) in [5, 5.41) is 12.1. The minimum absolute atomic E-state index is 0.0319. The van der Waals surface area contributed by atoms with E-state index in [0.717, 1.165) is 0 Å². The van der Waals surface area contributed by atoms with Crippen LogP contribution in [0.2, 0.25) is 0 Å². The Balaban J connectivity index is 2.33. The first kappa shape index (κ1) is 9.97. The van der Waals surface area contributed by atoms with E-state index in [1.165, 1.54) is 0 Å². The van der Waals surface area contributed by atoms with Gasteiger partial charge >= 0.3 is 0 Å². The first-order valence-electron chi connectivity index (χ1n) is 5.25. The maximum atomic E-state index is 11.7. The van der Waals surface area contributed by atoms with Gasteiger partial charge in [0.05, 0.1) is 12.6 Å². The summed E-state index contributed by atoms with van der Waals surface area (Å²) in [6.45, 7) is 8.74. The van der Waals surface area contributed by atoms with E-state index in [2.05, 4.69) is 33.0 Å². The Hall–Kier alpha value is -0.570. The minimum Gasteiger partial charge on any atom is -0.394 e. The first-order chi connectivity index (χ1) is 6.34. The second-order valence-corrected chi connectivity index (χ2v) is 5.74. The molecule has 1 saturated carbocycles. The van der Waals surface area contributed by atoms with Crippen LogP contribution in [0.1, 0.15) is 27.7 Å². The topological polar surface area (TPSA) is 49.3 Å². The number of amides is 1. The largest absolute Gasteiger partial charge is 0.394 e. The molecule has 2 rings (SSSR count). The van der Waals surface area contributed by atoms with Crippen LogP contribution >= 0.6 is 0 Å². The summed E-state index contributed by atoms with van der Waals surface area (Å²) in [5.74, 6) is 0.517. The summed E-state index contributed by atoms with van der Waals surface area (Å²) in [4.78, 5) is 11.7. The standard InChI is InChI=1S/C11H19NO2/c1-10(2)7-6(5-13)12-9(14)8(7)11(10,3)4/h6-8,13H,5H2,1-4H3,(H,12,14)/t6-,7-,8-/m1/s1. The zero-order valence-electron chi connectivity index (χ0n) is 9.29. The van der Waals surface area contributed by atoms with E-state index in [4.69, 9.17) is 0 Å². The Kier molecular flexibility index (Phi) is 1.79. The lowest BCUT2D eigenvalue weighted by Crippen LogP contribution is -2.62. The van der Waals surface area contributed by atoms with E-state index in [0.29, 0.717) is 5.92 Å². The summed E-state index contributed by atoms with van der Waals surface area (Å²) in [6.07, 6.45) is 0. The molecule has 0 spiro atoms. The molecule has 3 atom stereocenters. The lowest BCUT2D eigenvalue weighted by Gasteiger charge is -2.62. The van der Waals surface area contributed by atoms with Gasteiger partial charge in [-0.05, 0) is 16.7 Å². The lowest BCUT2D eigenvalue weighted by molar-refractivity contribution is -0.169.